The van der Waals surface area contributed by atoms with Crippen LogP contribution in [0.25, 0.3) is 0 Å². The first kappa shape index (κ1) is 18.1. The second kappa shape index (κ2) is 7.57. The average Bonchev–Trinajstić information content (AvgIpc) is 2.54. The van der Waals surface area contributed by atoms with Crippen LogP contribution in [0.3, 0.4) is 0 Å². The molecule has 5 nitrogen and oxygen atoms in total. The minimum Gasteiger partial charge on any atom is -0.349 e. The number of hydrogen-bond donors (Lipinski definition) is 1. The van der Waals surface area contributed by atoms with Gasteiger partial charge in [-0.3, -0.25) is 9.78 Å². The van der Waals surface area contributed by atoms with E-state index in [0.29, 0.717) is 6.42 Å². The van der Waals surface area contributed by atoms with Gasteiger partial charge >= 0.3 is 0 Å². The van der Waals surface area contributed by atoms with E-state index in [1.807, 2.05) is 26.0 Å². The lowest BCUT2D eigenvalue weighted by Crippen LogP contribution is -2.30. The number of aryl methyl sites for hydroxylation is 1. The van der Waals surface area contributed by atoms with Crippen LogP contribution >= 0.6 is 0 Å². The van der Waals surface area contributed by atoms with Crippen LogP contribution in [0.15, 0.2) is 47.5 Å². The van der Waals surface area contributed by atoms with E-state index in [2.05, 4.69) is 10.3 Å². The Hall–Kier alpha value is -2.21. The molecule has 1 amide bonds. The molecule has 0 radical (unpaired) electrons. The van der Waals surface area contributed by atoms with Crippen molar-refractivity contribution in [3.05, 3.63) is 59.4 Å². The zero-order chi connectivity index (χ0) is 17.7. The minimum absolute atomic E-state index is 0.101. The van der Waals surface area contributed by atoms with Crippen molar-refractivity contribution in [1.82, 2.24) is 10.3 Å². The van der Waals surface area contributed by atoms with Gasteiger partial charge in [-0.15, -0.1) is 0 Å². The van der Waals surface area contributed by atoms with E-state index >= 15 is 0 Å². The third-order valence-electron chi connectivity index (χ3n) is 3.90. The number of benzene rings is 1. The molecule has 1 N–H and O–H groups in total. The predicted molar refractivity (Wildman–Crippen MR) is 93.4 cm³/mol. The third kappa shape index (κ3) is 4.64. The van der Waals surface area contributed by atoms with Gasteiger partial charge in [0.1, 0.15) is 0 Å². The van der Waals surface area contributed by atoms with Crippen LogP contribution in [0.4, 0.5) is 0 Å². The zero-order valence-electron chi connectivity index (χ0n) is 14.1. The fraction of sp³-hybridized carbons (Fsp3) is 0.333. The first-order valence-corrected chi connectivity index (χ1v) is 9.70. The van der Waals surface area contributed by atoms with Crippen LogP contribution in [0.5, 0.6) is 0 Å². The van der Waals surface area contributed by atoms with E-state index in [1.54, 1.807) is 30.5 Å². The molecule has 0 saturated heterocycles. The SMILES string of the molecule is CCC(NC(=O)Cc1ncccc1C)c1ccc(S(C)(=O)=O)cc1. The maximum Gasteiger partial charge on any atom is 0.226 e. The fourth-order valence-electron chi connectivity index (χ4n) is 2.47. The predicted octanol–water partition coefficient (Wildman–Crippen LogP) is 2.60. The fourth-order valence-corrected chi connectivity index (χ4v) is 3.10. The van der Waals surface area contributed by atoms with Crippen LogP contribution in [0.1, 0.15) is 36.2 Å². The molecule has 1 aromatic carbocycles. The van der Waals surface area contributed by atoms with Crippen molar-refractivity contribution in [1.29, 1.82) is 0 Å². The monoisotopic (exact) mass is 346 g/mol. The molecule has 0 fully saturated rings. The van der Waals surface area contributed by atoms with Gasteiger partial charge in [0.2, 0.25) is 5.91 Å². The van der Waals surface area contributed by atoms with Crippen LogP contribution in [0, 0.1) is 6.92 Å². The van der Waals surface area contributed by atoms with Crippen molar-refractivity contribution >= 4 is 15.7 Å². The average molecular weight is 346 g/mol. The molecular formula is C18H22N2O3S. The maximum absolute atomic E-state index is 12.3. The van der Waals surface area contributed by atoms with E-state index in [0.717, 1.165) is 16.8 Å². The Kier molecular flexibility index (Phi) is 5.72. The molecule has 2 rings (SSSR count). The van der Waals surface area contributed by atoms with Crippen molar-refractivity contribution in [3.63, 3.8) is 0 Å². The summed E-state index contributed by atoms with van der Waals surface area (Å²) in [5.41, 5.74) is 2.63. The number of hydrogen-bond acceptors (Lipinski definition) is 4. The number of aromatic nitrogens is 1. The minimum atomic E-state index is -3.22. The molecule has 0 saturated carbocycles. The number of nitrogens with one attached hydrogen (secondary N) is 1. The number of carbonyl (C=O) groups is 1. The Morgan fingerprint density at radius 2 is 1.88 bits per heavy atom. The Morgan fingerprint density at radius 1 is 1.21 bits per heavy atom. The van der Waals surface area contributed by atoms with Crippen molar-refractivity contribution in [3.8, 4) is 0 Å². The molecule has 128 valence electrons. The number of rotatable bonds is 6. The topological polar surface area (TPSA) is 76.1 Å². The Bertz CT molecular complexity index is 814. The smallest absolute Gasteiger partial charge is 0.226 e. The molecule has 0 aliphatic carbocycles. The highest BCUT2D eigenvalue weighted by Gasteiger charge is 2.15. The Labute approximate surface area is 143 Å². The molecular weight excluding hydrogens is 324 g/mol. The summed E-state index contributed by atoms with van der Waals surface area (Å²) >= 11 is 0. The molecule has 6 heteroatoms. The van der Waals surface area contributed by atoms with Crippen molar-refractivity contribution in [2.24, 2.45) is 0 Å². The zero-order valence-corrected chi connectivity index (χ0v) is 14.9. The number of sulfone groups is 1. The molecule has 1 heterocycles. The standard InChI is InChI=1S/C18H22N2O3S/c1-4-16(14-7-9-15(10-8-14)24(3,22)23)20-18(21)12-17-13(2)6-5-11-19-17/h5-11,16H,4,12H2,1-3H3,(H,20,21). The molecule has 0 bridgehead atoms. The summed E-state index contributed by atoms with van der Waals surface area (Å²) < 4.78 is 23.0. The second-order valence-electron chi connectivity index (χ2n) is 5.81. The maximum atomic E-state index is 12.3. The van der Waals surface area contributed by atoms with E-state index < -0.39 is 9.84 Å². The van der Waals surface area contributed by atoms with Crippen molar-refractivity contribution in [2.45, 2.75) is 37.6 Å². The number of carbonyl (C=O) groups excluding carboxylic acids is 1. The summed E-state index contributed by atoms with van der Waals surface area (Å²) in [6, 6.07) is 10.2. The molecule has 1 atom stereocenters. The highest BCUT2D eigenvalue weighted by molar-refractivity contribution is 7.90. The summed E-state index contributed by atoms with van der Waals surface area (Å²) in [5, 5.41) is 2.99. The van der Waals surface area contributed by atoms with E-state index in [1.165, 1.54) is 6.26 Å². The van der Waals surface area contributed by atoms with Gasteiger partial charge in [-0.05, 0) is 42.7 Å². The Morgan fingerprint density at radius 3 is 2.42 bits per heavy atom. The van der Waals surface area contributed by atoms with Crippen LogP contribution in [0.2, 0.25) is 0 Å². The number of nitrogens with zero attached hydrogens (tertiary/aromatic N) is 1. The summed E-state index contributed by atoms with van der Waals surface area (Å²) in [4.78, 5) is 16.8. The normalized spacial score (nSPS) is 12.6. The third-order valence-corrected chi connectivity index (χ3v) is 5.03. The lowest BCUT2D eigenvalue weighted by molar-refractivity contribution is -0.121. The first-order chi connectivity index (χ1) is 11.3. The summed E-state index contributed by atoms with van der Waals surface area (Å²) in [5.74, 6) is -0.101. The lowest BCUT2D eigenvalue weighted by atomic mass is 10.0. The largest absolute Gasteiger partial charge is 0.349 e. The van der Waals surface area contributed by atoms with Crippen LogP contribution < -0.4 is 5.32 Å². The van der Waals surface area contributed by atoms with Crippen LogP contribution in [-0.2, 0) is 21.1 Å². The van der Waals surface area contributed by atoms with E-state index in [-0.39, 0.29) is 23.3 Å². The Balaban J connectivity index is 2.09. The lowest BCUT2D eigenvalue weighted by Gasteiger charge is -2.18. The first-order valence-electron chi connectivity index (χ1n) is 7.81. The summed E-state index contributed by atoms with van der Waals surface area (Å²) in [6.07, 6.45) is 3.79. The van der Waals surface area contributed by atoms with Gasteiger partial charge in [0.15, 0.2) is 9.84 Å². The van der Waals surface area contributed by atoms with E-state index in [4.69, 9.17) is 0 Å². The quantitative estimate of drug-likeness (QED) is 0.872. The number of pyridine rings is 1. The van der Waals surface area contributed by atoms with Crippen LogP contribution in [-0.4, -0.2) is 25.6 Å². The van der Waals surface area contributed by atoms with Gasteiger partial charge in [-0.2, -0.15) is 0 Å². The summed E-state index contributed by atoms with van der Waals surface area (Å²) in [7, 11) is -3.22. The summed E-state index contributed by atoms with van der Waals surface area (Å²) in [6.45, 7) is 3.90. The molecule has 1 aromatic heterocycles. The van der Waals surface area contributed by atoms with Gasteiger partial charge < -0.3 is 5.32 Å². The highest BCUT2D eigenvalue weighted by Crippen LogP contribution is 2.19. The molecule has 0 aliphatic rings. The van der Waals surface area contributed by atoms with Gasteiger partial charge in [0.05, 0.1) is 23.1 Å². The molecule has 24 heavy (non-hydrogen) atoms. The van der Waals surface area contributed by atoms with Crippen molar-refractivity contribution in [2.75, 3.05) is 6.26 Å². The molecule has 0 aliphatic heterocycles. The highest BCUT2D eigenvalue weighted by atomic mass is 32.2. The number of amides is 1. The second-order valence-corrected chi connectivity index (χ2v) is 7.83. The molecule has 2 aromatic rings. The molecule has 0 spiro atoms. The van der Waals surface area contributed by atoms with E-state index in [9.17, 15) is 13.2 Å². The van der Waals surface area contributed by atoms with Gasteiger partial charge in [-0.1, -0.05) is 25.1 Å². The van der Waals surface area contributed by atoms with Gasteiger partial charge in [0.25, 0.3) is 0 Å². The van der Waals surface area contributed by atoms with Gasteiger partial charge in [0, 0.05) is 12.5 Å². The van der Waals surface area contributed by atoms with Gasteiger partial charge in [-0.25, -0.2) is 8.42 Å². The molecule has 1 unspecified atom stereocenters. The van der Waals surface area contributed by atoms with Crippen molar-refractivity contribution < 1.29 is 13.2 Å².